The number of halogens is 6. The minimum atomic E-state index is -0.430. The Morgan fingerprint density at radius 3 is 1.11 bits per heavy atom. The molecule has 0 radical (unpaired) electrons. The third-order valence-corrected chi connectivity index (χ3v) is 18.3. The van der Waals surface area contributed by atoms with Crippen molar-refractivity contribution in [1.29, 1.82) is 15.8 Å². The molecule has 15 aromatic rings. The van der Waals surface area contributed by atoms with E-state index in [1.54, 1.807) is 123 Å². The molecule has 9 heterocycles. The molecule has 19 nitrogen and oxygen atoms in total. The predicted molar refractivity (Wildman–Crippen MR) is 420 cm³/mol. The molecule has 7 N–H and O–H groups in total. The summed E-state index contributed by atoms with van der Waals surface area (Å²) in [6.07, 6.45) is 16.2. The number of carbonyl (C=O) groups excluding carboxylic acids is 3. The van der Waals surface area contributed by atoms with Crippen molar-refractivity contribution in [3.8, 4) is 18.2 Å². The molecule has 2 amide bonds. The van der Waals surface area contributed by atoms with E-state index in [2.05, 4.69) is 73.7 Å². The summed E-state index contributed by atoms with van der Waals surface area (Å²) < 4.78 is 46.8. The molecule has 0 saturated heterocycles. The Kier molecular flexibility index (Phi) is 25.3. The Morgan fingerprint density at radius 1 is 0.459 bits per heavy atom. The fraction of sp³-hybridized carbons (Fsp3) is 0.143. The zero-order chi connectivity index (χ0) is 75.6. The van der Waals surface area contributed by atoms with Crippen LogP contribution in [0.2, 0.25) is 15.1 Å². The largest absolute Gasteiger partial charge is 0.465 e. The molecule has 0 atom stereocenters. The summed E-state index contributed by atoms with van der Waals surface area (Å²) in [6, 6.07) is 43.0. The van der Waals surface area contributed by atoms with Gasteiger partial charge in [-0.3, -0.25) is 39.5 Å². The number of fused-ring (bicyclic) bond motifs is 6. The highest BCUT2D eigenvalue weighted by Gasteiger charge is 2.18. The third kappa shape index (κ3) is 18.5. The number of nitrogens with one attached hydrogen (secondary N) is 5. The second-order valence-corrected chi connectivity index (χ2v) is 26.3. The molecule has 546 valence electrons. The summed E-state index contributed by atoms with van der Waals surface area (Å²) in [6.45, 7) is 6.08. The van der Waals surface area contributed by atoms with Gasteiger partial charge in [0.2, 0.25) is 0 Å². The van der Waals surface area contributed by atoms with Crippen molar-refractivity contribution in [3.63, 3.8) is 0 Å². The van der Waals surface area contributed by atoms with Gasteiger partial charge >= 0.3 is 5.97 Å². The quantitative estimate of drug-likeness (QED) is 0.0552. The van der Waals surface area contributed by atoms with Crippen LogP contribution in [-0.4, -0.2) is 69.7 Å². The van der Waals surface area contributed by atoms with E-state index in [0.29, 0.717) is 140 Å². The lowest BCUT2D eigenvalue weighted by atomic mass is 10.0. The van der Waals surface area contributed by atoms with Crippen LogP contribution in [0.3, 0.4) is 0 Å². The molecular formula is C84H69Cl3F3N15O4. The highest BCUT2D eigenvalue weighted by atomic mass is 35.5. The summed E-state index contributed by atoms with van der Waals surface area (Å²) in [5.41, 5.74) is 21.1. The van der Waals surface area contributed by atoms with E-state index < -0.39 is 17.6 Å². The monoisotopic (exact) mass is 1510 g/mol. The number of carbonyl (C=O) groups is 3. The number of nitrogens with two attached hydrogens (primary N) is 1. The van der Waals surface area contributed by atoms with Gasteiger partial charge in [-0.25, -0.2) is 18.0 Å². The Balaban J connectivity index is 0.000000162. The molecule has 0 bridgehead atoms. The second kappa shape index (κ2) is 35.0. The third-order valence-electron chi connectivity index (χ3n) is 17.3. The number of esters is 1. The molecular weight excluding hydrogens is 1450 g/mol. The van der Waals surface area contributed by atoms with Crippen LogP contribution in [0.15, 0.2) is 183 Å². The van der Waals surface area contributed by atoms with Gasteiger partial charge in [0.25, 0.3) is 11.8 Å². The lowest BCUT2D eigenvalue weighted by molar-refractivity contribution is 0.0600. The number of aromatic nitrogens is 9. The molecule has 0 fully saturated rings. The average molecular weight is 1520 g/mol. The van der Waals surface area contributed by atoms with Gasteiger partial charge in [0.05, 0.1) is 61.0 Å². The highest BCUT2D eigenvalue weighted by Crippen LogP contribution is 2.31. The van der Waals surface area contributed by atoms with Gasteiger partial charge in [0.1, 0.15) is 35.7 Å². The molecule has 0 aliphatic carbocycles. The summed E-state index contributed by atoms with van der Waals surface area (Å²) in [5.74, 6) is -2.24. The maximum atomic E-state index is 14.4. The minimum absolute atomic E-state index is 0. The smallest absolute Gasteiger partial charge is 0.337 e. The zero-order valence-electron chi connectivity index (χ0n) is 57.6. The molecule has 109 heavy (non-hydrogen) atoms. The number of nitrogens with zero attached hydrogens (tertiary/aromatic N) is 9. The van der Waals surface area contributed by atoms with Gasteiger partial charge in [-0.1, -0.05) is 49.7 Å². The lowest BCUT2D eigenvalue weighted by Crippen LogP contribution is -2.23. The first-order valence-electron chi connectivity index (χ1n) is 33.1. The van der Waals surface area contributed by atoms with Gasteiger partial charge in [-0.2, -0.15) is 15.8 Å². The Bertz CT molecular complexity index is 5890. The topological polar surface area (TPSA) is 307 Å². The first kappa shape index (κ1) is 78.7. The number of methoxy groups -OCH3 is 1. The SMILES string of the molecule is C.C.COC(=O)c1ccnc(Cc2cc(C#N)c3ncc(C)cc3c2)c1.Cc1cnc2c(C#N)cc(Cc3cc(C(=O)NCc4cc5c(Cl)c[nH]c5cc4F)ccn3)cc2c1.Cc1cnc2c(C#N)cc(Cc3cc(C(=O)NCc4cc5c(Cl)c[nH]c5cc4F)ccn3)cc2c1.NCc1cc2c(Cl)c[nH]c2cc1F. The number of ether oxygens (including phenoxy) is 1. The van der Waals surface area contributed by atoms with Crippen molar-refractivity contribution in [3.05, 3.63) is 316 Å². The lowest BCUT2D eigenvalue weighted by Gasteiger charge is -2.09. The van der Waals surface area contributed by atoms with Crippen LogP contribution in [0.1, 0.15) is 130 Å². The Labute approximate surface area is 639 Å². The number of hydrogen-bond donors (Lipinski definition) is 6. The van der Waals surface area contributed by atoms with Crippen molar-refractivity contribution in [2.24, 2.45) is 5.73 Å². The molecule has 0 saturated carbocycles. The molecule has 0 unspecified atom stereocenters. The molecule has 25 heteroatoms. The summed E-state index contributed by atoms with van der Waals surface area (Å²) >= 11 is 18.1. The summed E-state index contributed by atoms with van der Waals surface area (Å²) in [7, 11) is 1.35. The number of nitriles is 3. The van der Waals surface area contributed by atoms with Crippen LogP contribution < -0.4 is 16.4 Å². The Hall–Kier alpha value is -12.9. The van der Waals surface area contributed by atoms with Crippen molar-refractivity contribution >= 4 is 118 Å². The predicted octanol–water partition coefficient (Wildman–Crippen LogP) is 18.1. The van der Waals surface area contributed by atoms with Gasteiger partial charge in [-0.05, 0) is 182 Å². The van der Waals surface area contributed by atoms with E-state index in [1.807, 2.05) is 63.2 Å². The number of aromatic amines is 3. The number of rotatable bonds is 14. The fourth-order valence-corrected chi connectivity index (χ4v) is 12.8. The molecule has 0 aliphatic rings. The van der Waals surface area contributed by atoms with Gasteiger partial charge in [0.15, 0.2) is 0 Å². The Morgan fingerprint density at radius 2 is 0.780 bits per heavy atom. The van der Waals surface area contributed by atoms with E-state index in [0.717, 1.165) is 60.6 Å². The number of pyridine rings is 6. The normalized spacial score (nSPS) is 10.7. The van der Waals surface area contributed by atoms with Crippen LogP contribution in [0.5, 0.6) is 0 Å². The molecule has 0 spiro atoms. The van der Waals surface area contributed by atoms with Gasteiger partial charge < -0.3 is 36.1 Å². The average Bonchev–Trinajstić information content (AvgIpc) is 1.57. The molecule has 9 aromatic heterocycles. The van der Waals surface area contributed by atoms with Crippen LogP contribution in [-0.2, 0) is 43.6 Å². The van der Waals surface area contributed by atoms with Gasteiger partial charge in [-0.15, -0.1) is 0 Å². The fourth-order valence-electron chi connectivity index (χ4n) is 12.2. The maximum Gasteiger partial charge on any atom is 0.337 e. The molecule has 0 aliphatic heterocycles. The van der Waals surface area contributed by atoms with Gasteiger partial charge in [0, 0.05) is 188 Å². The minimum Gasteiger partial charge on any atom is -0.465 e. The van der Waals surface area contributed by atoms with Crippen LogP contribution in [0.4, 0.5) is 13.2 Å². The van der Waals surface area contributed by atoms with Crippen LogP contribution >= 0.6 is 34.8 Å². The number of amides is 2. The highest BCUT2D eigenvalue weighted by molar-refractivity contribution is 6.36. The van der Waals surface area contributed by atoms with Crippen molar-refractivity contribution < 1.29 is 32.3 Å². The zero-order valence-corrected chi connectivity index (χ0v) is 59.8. The second-order valence-electron chi connectivity index (χ2n) is 25.1. The molecule has 6 aromatic carbocycles. The standard InChI is InChI=1S/2C27H19ClFN5O.C19H15N3O2.C9H8ClFN2.2CH4/c2*1-15-4-18-5-16(6-19(11-30)26(18)33-12-15)7-21-8-17(2-3-31-21)27(35)34-13-20-9-22-23(28)14-32-25(22)10-24(20)29;1-12-5-15-6-13(7-16(10-20)18(15)22-11-12)8-17-9-14(3-4-21-17)19(23)24-2;10-7-4-13-9-2-8(11)5(3-12)1-6(7)9;;/h2*2-6,8-10,12,14,32H,7,13H2,1H3,(H,34,35);3-7,9,11H,8H2,1-2H3;1-2,4,13H,3,12H2;2*1H4. The van der Waals surface area contributed by atoms with E-state index in [-0.39, 0.29) is 52.1 Å². The van der Waals surface area contributed by atoms with Crippen molar-refractivity contribution in [1.82, 2.24) is 55.5 Å². The number of hydrogen-bond acceptors (Lipinski definition) is 14. The van der Waals surface area contributed by atoms with E-state index in [4.69, 9.17) is 45.3 Å². The number of H-pyrrole nitrogens is 3. The summed E-state index contributed by atoms with van der Waals surface area (Å²) in [4.78, 5) is 72.0. The number of benzene rings is 6. The molecule has 15 rings (SSSR count). The van der Waals surface area contributed by atoms with Crippen molar-refractivity contribution in [2.75, 3.05) is 7.11 Å². The van der Waals surface area contributed by atoms with Crippen LogP contribution in [0.25, 0.3) is 65.4 Å². The van der Waals surface area contributed by atoms with Crippen LogP contribution in [0, 0.1) is 72.2 Å². The van der Waals surface area contributed by atoms with E-state index in [9.17, 15) is 43.3 Å². The van der Waals surface area contributed by atoms with Crippen molar-refractivity contribution in [2.45, 2.75) is 74.5 Å². The van der Waals surface area contributed by atoms with E-state index >= 15 is 0 Å². The first-order valence-corrected chi connectivity index (χ1v) is 34.2. The maximum absolute atomic E-state index is 14.4. The summed E-state index contributed by atoms with van der Waals surface area (Å²) in [5, 5.41) is 40.5. The number of aryl methyl sites for hydroxylation is 3. The van der Waals surface area contributed by atoms with E-state index in [1.165, 1.54) is 25.3 Å². The first-order chi connectivity index (χ1) is 51.6.